The Bertz CT molecular complexity index is 672. The van der Waals surface area contributed by atoms with Crippen LogP contribution in [-0.4, -0.2) is 40.5 Å². The van der Waals surface area contributed by atoms with Crippen molar-refractivity contribution < 1.29 is 4.74 Å². The number of rotatable bonds is 4. The van der Waals surface area contributed by atoms with Crippen LogP contribution in [0.15, 0.2) is 36.7 Å². The Hall–Kier alpha value is -1.69. The maximum Gasteiger partial charge on any atom is 0.237 e. The van der Waals surface area contributed by atoms with E-state index in [9.17, 15) is 0 Å². The number of hydrogen-bond acceptors (Lipinski definition) is 4. The zero-order chi connectivity index (χ0) is 16.4. The smallest absolute Gasteiger partial charge is 0.237 e. The van der Waals surface area contributed by atoms with Gasteiger partial charge in [0.25, 0.3) is 0 Å². The van der Waals surface area contributed by atoms with Crippen molar-refractivity contribution in [1.29, 1.82) is 0 Å². The summed E-state index contributed by atoms with van der Waals surface area (Å²) in [6.45, 7) is 3.01. The van der Waals surface area contributed by atoms with Crippen molar-refractivity contribution in [3.05, 3.63) is 47.4 Å². The SMILES string of the molecule is Clc1ccc(Oc2cnc(C3CN(C4CC4)CCC[N]3)cn2)cc1. The van der Waals surface area contributed by atoms with Crippen LogP contribution in [-0.2, 0) is 0 Å². The molecule has 2 aliphatic rings. The van der Waals surface area contributed by atoms with E-state index in [1.54, 1.807) is 24.5 Å². The summed E-state index contributed by atoms with van der Waals surface area (Å²) in [5, 5.41) is 5.46. The predicted octanol–water partition coefficient (Wildman–Crippen LogP) is 3.44. The van der Waals surface area contributed by atoms with E-state index in [0.29, 0.717) is 16.7 Å². The van der Waals surface area contributed by atoms with E-state index in [-0.39, 0.29) is 6.04 Å². The second kappa shape index (κ2) is 7.05. The van der Waals surface area contributed by atoms with Gasteiger partial charge in [-0.3, -0.25) is 9.88 Å². The Balaban J connectivity index is 1.43. The summed E-state index contributed by atoms with van der Waals surface area (Å²) in [4.78, 5) is 11.5. The van der Waals surface area contributed by atoms with Gasteiger partial charge in [-0.1, -0.05) is 11.6 Å². The van der Waals surface area contributed by atoms with E-state index in [0.717, 1.165) is 37.8 Å². The van der Waals surface area contributed by atoms with E-state index in [4.69, 9.17) is 21.7 Å². The molecule has 2 fully saturated rings. The third-order valence-electron chi connectivity index (χ3n) is 4.45. The van der Waals surface area contributed by atoms with Crippen molar-refractivity contribution in [2.75, 3.05) is 19.6 Å². The van der Waals surface area contributed by atoms with E-state index in [2.05, 4.69) is 14.9 Å². The third-order valence-corrected chi connectivity index (χ3v) is 4.70. The first kappa shape index (κ1) is 15.8. The lowest BCUT2D eigenvalue weighted by Gasteiger charge is -2.22. The Labute approximate surface area is 147 Å². The summed E-state index contributed by atoms with van der Waals surface area (Å²) in [6, 6.07) is 8.08. The van der Waals surface area contributed by atoms with Crippen LogP contribution in [0.5, 0.6) is 11.6 Å². The van der Waals surface area contributed by atoms with Gasteiger partial charge >= 0.3 is 0 Å². The second-order valence-corrected chi connectivity index (χ2v) is 6.77. The van der Waals surface area contributed by atoms with Crippen molar-refractivity contribution >= 4 is 11.6 Å². The Morgan fingerprint density at radius 3 is 2.62 bits per heavy atom. The highest BCUT2D eigenvalue weighted by atomic mass is 35.5. The molecule has 24 heavy (non-hydrogen) atoms. The minimum Gasteiger partial charge on any atom is -0.438 e. The Kier molecular flexibility index (Phi) is 4.65. The molecule has 0 bridgehead atoms. The molecule has 2 aromatic rings. The van der Waals surface area contributed by atoms with Crippen LogP contribution in [0, 0.1) is 0 Å². The first-order valence-electron chi connectivity index (χ1n) is 8.44. The van der Waals surface area contributed by atoms with Crippen molar-refractivity contribution in [1.82, 2.24) is 20.2 Å². The summed E-state index contributed by atoms with van der Waals surface area (Å²) < 4.78 is 5.70. The molecule has 1 atom stereocenters. The van der Waals surface area contributed by atoms with Gasteiger partial charge in [0.15, 0.2) is 0 Å². The molecule has 5 nitrogen and oxygen atoms in total. The second-order valence-electron chi connectivity index (χ2n) is 6.34. The zero-order valence-corrected chi connectivity index (χ0v) is 14.2. The molecule has 125 valence electrons. The molecule has 1 aromatic carbocycles. The van der Waals surface area contributed by atoms with Crippen molar-refractivity contribution in [2.45, 2.75) is 31.3 Å². The molecule has 1 aliphatic carbocycles. The maximum absolute atomic E-state index is 5.88. The van der Waals surface area contributed by atoms with Gasteiger partial charge in [0.05, 0.1) is 24.1 Å². The molecule has 1 saturated heterocycles. The first-order chi connectivity index (χ1) is 11.8. The maximum atomic E-state index is 5.88. The zero-order valence-electron chi connectivity index (χ0n) is 13.4. The minimum absolute atomic E-state index is 0.116. The fourth-order valence-electron chi connectivity index (χ4n) is 3.02. The fraction of sp³-hybridized carbons (Fsp3) is 0.444. The highest BCUT2D eigenvalue weighted by Gasteiger charge is 2.32. The van der Waals surface area contributed by atoms with Crippen LogP contribution >= 0.6 is 11.6 Å². The summed E-state index contributed by atoms with van der Waals surface area (Å²) in [7, 11) is 0. The van der Waals surface area contributed by atoms with E-state index in [1.807, 2.05) is 12.1 Å². The van der Waals surface area contributed by atoms with Gasteiger partial charge in [0.1, 0.15) is 5.75 Å². The molecule has 0 amide bonds. The molecule has 1 aromatic heterocycles. The number of halogens is 1. The Morgan fingerprint density at radius 1 is 1.08 bits per heavy atom. The normalized spacial score (nSPS) is 22.1. The third kappa shape index (κ3) is 3.86. The van der Waals surface area contributed by atoms with Gasteiger partial charge in [-0.15, -0.1) is 0 Å². The molecule has 1 aliphatic heterocycles. The lowest BCUT2D eigenvalue weighted by molar-refractivity contribution is 0.256. The van der Waals surface area contributed by atoms with Crippen LogP contribution in [0.3, 0.4) is 0 Å². The monoisotopic (exact) mass is 343 g/mol. The minimum atomic E-state index is 0.116. The van der Waals surface area contributed by atoms with Crippen molar-refractivity contribution in [3.8, 4) is 11.6 Å². The van der Waals surface area contributed by atoms with Gasteiger partial charge in [-0.25, -0.2) is 10.3 Å². The van der Waals surface area contributed by atoms with Gasteiger partial charge in [0.2, 0.25) is 5.88 Å². The van der Waals surface area contributed by atoms with E-state index < -0.39 is 0 Å². The number of hydrogen-bond donors (Lipinski definition) is 0. The Morgan fingerprint density at radius 2 is 1.92 bits per heavy atom. The summed E-state index contributed by atoms with van der Waals surface area (Å²) in [5.41, 5.74) is 0.922. The molecule has 6 heteroatoms. The predicted molar refractivity (Wildman–Crippen MR) is 92.5 cm³/mol. The van der Waals surface area contributed by atoms with Crippen LogP contribution in [0.25, 0.3) is 0 Å². The topological polar surface area (TPSA) is 52.4 Å². The van der Waals surface area contributed by atoms with Crippen LogP contribution < -0.4 is 10.1 Å². The average molecular weight is 344 g/mol. The number of aromatic nitrogens is 2. The summed E-state index contributed by atoms with van der Waals surface area (Å²) >= 11 is 5.88. The van der Waals surface area contributed by atoms with Crippen LogP contribution in [0.4, 0.5) is 0 Å². The molecule has 1 unspecified atom stereocenters. The summed E-state index contributed by atoms with van der Waals surface area (Å²) in [5.74, 6) is 1.18. The molecule has 0 spiro atoms. The molecular weight excluding hydrogens is 324 g/mol. The van der Waals surface area contributed by atoms with Crippen molar-refractivity contribution in [3.63, 3.8) is 0 Å². The highest BCUT2D eigenvalue weighted by molar-refractivity contribution is 6.30. The summed E-state index contributed by atoms with van der Waals surface area (Å²) in [6.07, 6.45) is 7.25. The molecular formula is C18H20ClN4O. The van der Waals surface area contributed by atoms with Crippen molar-refractivity contribution in [2.24, 2.45) is 0 Å². The van der Waals surface area contributed by atoms with Gasteiger partial charge in [-0.2, -0.15) is 0 Å². The molecule has 4 rings (SSSR count). The number of ether oxygens (including phenoxy) is 1. The van der Waals surface area contributed by atoms with Gasteiger partial charge in [-0.05, 0) is 50.1 Å². The van der Waals surface area contributed by atoms with Gasteiger partial charge < -0.3 is 4.74 Å². The van der Waals surface area contributed by atoms with Crippen LogP contribution in [0.2, 0.25) is 5.02 Å². The average Bonchev–Trinajstić information content (AvgIpc) is 3.44. The van der Waals surface area contributed by atoms with Crippen LogP contribution in [0.1, 0.15) is 31.0 Å². The lowest BCUT2D eigenvalue weighted by Crippen LogP contribution is -2.31. The first-order valence-corrected chi connectivity index (χ1v) is 8.82. The molecule has 1 radical (unpaired) electrons. The quantitative estimate of drug-likeness (QED) is 0.853. The fourth-order valence-corrected chi connectivity index (χ4v) is 3.15. The molecule has 0 N–H and O–H groups in total. The largest absolute Gasteiger partial charge is 0.438 e. The molecule has 1 saturated carbocycles. The number of benzene rings is 1. The highest BCUT2D eigenvalue weighted by Crippen LogP contribution is 2.30. The lowest BCUT2D eigenvalue weighted by atomic mass is 10.2. The van der Waals surface area contributed by atoms with E-state index in [1.165, 1.54) is 12.8 Å². The molecule has 2 heterocycles. The standard InChI is InChI=1S/C18H20ClN4O/c19-13-2-6-15(7-3-13)24-18-11-21-16(10-22-18)17-12-23(14-4-5-14)9-1-8-20-17/h2-3,6-7,10-11,14,17H,1,4-5,8-9,12H2. The van der Waals surface area contributed by atoms with Gasteiger partial charge in [0, 0.05) is 24.2 Å². The number of nitrogens with zero attached hydrogens (tertiary/aromatic N) is 4. The van der Waals surface area contributed by atoms with E-state index >= 15 is 0 Å².